The molecule has 2 fully saturated rings. The molecule has 12 heteroatoms. The predicted molar refractivity (Wildman–Crippen MR) is 153 cm³/mol. The zero-order chi connectivity index (χ0) is 29.6. The van der Waals surface area contributed by atoms with E-state index in [2.05, 4.69) is 24.5 Å². The van der Waals surface area contributed by atoms with Crippen LogP contribution in [0.1, 0.15) is 76.8 Å². The second-order valence-electron chi connectivity index (χ2n) is 8.95. The van der Waals surface area contributed by atoms with Crippen LogP contribution in [0.5, 0.6) is 0 Å². The van der Waals surface area contributed by atoms with Gasteiger partial charge in [-0.2, -0.15) is 13.2 Å². The summed E-state index contributed by atoms with van der Waals surface area (Å²) in [6.07, 6.45) is 3.42. The van der Waals surface area contributed by atoms with Crippen molar-refractivity contribution in [1.29, 1.82) is 0 Å². The van der Waals surface area contributed by atoms with Crippen molar-refractivity contribution in [3.63, 3.8) is 0 Å². The molecular weight excluding hydrogens is 550 g/mol. The number of carbonyl (C=O) groups excluding carboxylic acids is 3. The third-order valence-corrected chi connectivity index (χ3v) is 5.48. The molecule has 3 amide bonds. The molecular formula is C28H51F3KN5O3. The van der Waals surface area contributed by atoms with Crippen LogP contribution in [0.4, 0.5) is 13.2 Å². The van der Waals surface area contributed by atoms with Gasteiger partial charge in [-0.1, -0.05) is 31.5 Å². The molecule has 0 bridgehead atoms. The summed E-state index contributed by atoms with van der Waals surface area (Å²) in [6.45, 7) is 10.7. The molecule has 3 rings (SSSR count). The Bertz CT molecular complexity index is 761. The molecule has 0 radical (unpaired) electrons. The number of aryl methyl sites for hydroxylation is 1. The van der Waals surface area contributed by atoms with Gasteiger partial charge in [0.1, 0.15) is 0 Å². The van der Waals surface area contributed by atoms with Gasteiger partial charge in [-0.05, 0) is 77.6 Å². The number of benzene rings is 1. The van der Waals surface area contributed by atoms with E-state index in [0.29, 0.717) is 24.8 Å². The smallest absolute Gasteiger partial charge is 0.370 e. The zero-order valence-corrected chi connectivity index (χ0v) is 28.7. The Morgan fingerprint density at radius 3 is 1.93 bits per heavy atom. The Labute approximate surface area is 282 Å². The summed E-state index contributed by atoms with van der Waals surface area (Å²) in [5, 5.41) is 5.51. The number of nitrogens with two attached hydrogens (primary N) is 2. The van der Waals surface area contributed by atoms with Gasteiger partial charge >= 0.3 is 57.6 Å². The second-order valence-corrected chi connectivity index (χ2v) is 8.95. The van der Waals surface area contributed by atoms with E-state index < -0.39 is 11.7 Å². The molecule has 2 atom stereocenters. The molecule has 2 aliphatic heterocycles. The van der Waals surface area contributed by atoms with Crippen LogP contribution in [0.25, 0.3) is 0 Å². The van der Waals surface area contributed by atoms with E-state index in [9.17, 15) is 22.8 Å². The summed E-state index contributed by atoms with van der Waals surface area (Å²) >= 11 is 0. The number of hydrogen-bond donors (Lipinski definition) is 4. The number of nitrogens with zero attached hydrogens (tertiary/aromatic N) is 1. The van der Waals surface area contributed by atoms with Gasteiger partial charge in [0.25, 0.3) is 0 Å². The van der Waals surface area contributed by atoms with E-state index in [0.717, 1.165) is 63.0 Å². The normalized spacial score (nSPS) is 16.8. The summed E-state index contributed by atoms with van der Waals surface area (Å²) in [6, 6.07) is 5.64. The van der Waals surface area contributed by atoms with Crippen molar-refractivity contribution >= 4 is 18.2 Å². The standard InChI is InChI=1S/C10H18N2O.C8H7F3.C4H9NO.C3H9N.C2H5NO.CH3.K/c1-8-4-3-7-12(8)10(13)9-5-2-6-11-9;1-6-2-4-7(5-3-6)8(9,10)11;1-2-3-4(5)6;1-2-3-4;1-3-2-4;;/h8-9,11H,2-7H2,1H3;2-5H,1H3;2-3H2,1H3,(H2,5,6);2-4H2,1H3;2H,1H3,(H,3,4);1H3;/q;;;;;-1;+1. The average molecular weight is 602 g/mol. The molecule has 1 aromatic rings. The fourth-order valence-electron chi connectivity index (χ4n) is 3.35. The first-order chi connectivity index (χ1) is 17.9. The molecule has 2 heterocycles. The minimum atomic E-state index is -4.21. The molecule has 6 N–H and O–H groups in total. The number of rotatable bonds is 5. The quantitative estimate of drug-likeness (QED) is 0.229. The first-order valence-corrected chi connectivity index (χ1v) is 13.2. The summed E-state index contributed by atoms with van der Waals surface area (Å²) in [7, 11) is 1.56. The number of hydrogen-bond acceptors (Lipinski definition) is 5. The molecule has 0 saturated carbocycles. The molecule has 1 aromatic carbocycles. The zero-order valence-electron chi connectivity index (χ0n) is 25.6. The summed E-state index contributed by atoms with van der Waals surface area (Å²) in [5.41, 5.74) is 10.0. The molecule has 0 aliphatic carbocycles. The number of likely N-dealkylation sites (tertiary alicyclic amines) is 1. The number of primary amides is 1. The van der Waals surface area contributed by atoms with E-state index >= 15 is 0 Å². The minimum Gasteiger partial charge on any atom is -0.370 e. The maximum absolute atomic E-state index is 11.9. The molecule has 40 heavy (non-hydrogen) atoms. The van der Waals surface area contributed by atoms with E-state index in [4.69, 9.17) is 16.3 Å². The second kappa shape index (κ2) is 28.1. The molecule has 0 spiro atoms. The van der Waals surface area contributed by atoms with E-state index in [1.54, 1.807) is 14.0 Å². The Morgan fingerprint density at radius 2 is 1.65 bits per heavy atom. The molecule has 228 valence electrons. The third-order valence-electron chi connectivity index (χ3n) is 5.48. The van der Waals surface area contributed by atoms with Crippen LogP contribution in [0.2, 0.25) is 0 Å². The largest absolute Gasteiger partial charge is 1.00 e. The maximum atomic E-state index is 11.9. The molecule has 2 saturated heterocycles. The van der Waals surface area contributed by atoms with Crippen molar-refractivity contribution in [2.45, 2.75) is 90.9 Å². The predicted octanol–water partition coefficient (Wildman–Crippen LogP) is 1.21. The number of alkyl halides is 3. The molecule has 8 nitrogen and oxygen atoms in total. The molecule has 0 aromatic heterocycles. The summed E-state index contributed by atoms with van der Waals surface area (Å²) < 4.78 is 35.8. The van der Waals surface area contributed by atoms with Crippen LogP contribution in [0.3, 0.4) is 0 Å². The van der Waals surface area contributed by atoms with Crippen LogP contribution < -0.4 is 73.5 Å². The monoisotopic (exact) mass is 601 g/mol. The van der Waals surface area contributed by atoms with Crippen molar-refractivity contribution < 1.29 is 78.9 Å². The first kappa shape index (κ1) is 45.9. The molecule has 2 unspecified atom stereocenters. The van der Waals surface area contributed by atoms with E-state index in [1.165, 1.54) is 25.0 Å². The Morgan fingerprint density at radius 1 is 1.12 bits per heavy atom. The van der Waals surface area contributed by atoms with E-state index in [1.807, 2.05) is 11.8 Å². The van der Waals surface area contributed by atoms with Gasteiger partial charge in [-0.3, -0.25) is 14.4 Å². The fourth-order valence-corrected chi connectivity index (χ4v) is 3.35. The van der Waals surface area contributed by atoms with Gasteiger partial charge in [0.2, 0.25) is 18.2 Å². The number of carbonyl (C=O) groups is 3. The topological polar surface area (TPSA) is 131 Å². The maximum Gasteiger partial charge on any atom is 1.00 e. The van der Waals surface area contributed by atoms with Gasteiger partial charge in [0, 0.05) is 26.1 Å². The minimum absolute atomic E-state index is 0. The fraction of sp³-hybridized carbons (Fsp3) is 0.643. The SMILES string of the molecule is CC1CCCN1C(=O)C1CCCN1.CCCC(N)=O.CCCN.CNC=O.Cc1ccc(C(F)(F)F)cc1.[CH3-].[K+]. The van der Waals surface area contributed by atoms with Crippen molar-refractivity contribution in [3.8, 4) is 0 Å². The van der Waals surface area contributed by atoms with Crippen LogP contribution in [0.15, 0.2) is 24.3 Å². The van der Waals surface area contributed by atoms with Crippen molar-refractivity contribution in [1.82, 2.24) is 15.5 Å². The Hall–Kier alpha value is -1.02. The number of nitrogens with one attached hydrogen (secondary N) is 2. The van der Waals surface area contributed by atoms with Crippen LogP contribution >= 0.6 is 0 Å². The Balaban J connectivity index is -0.000000218. The van der Waals surface area contributed by atoms with E-state index in [-0.39, 0.29) is 70.8 Å². The van der Waals surface area contributed by atoms with Gasteiger partial charge in [-0.15, -0.1) is 0 Å². The Kier molecular flexibility index (Phi) is 32.3. The molecule has 2 aliphatic rings. The van der Waals surface area contributed by atoms with Crippen molar-refractivity contribution in [3.05, 3.63) is 42.8 Å². The van der Waals surface area contributed by atoms with Crippen LogP contribution in [0, 0.1) is 14.4 Å². The average Bonchev–Trinajstić information content (AvgIpc) is 3.56. The number of amides is 3. The first-order valence-electron chi connectivity index (χ1n) is 13.2. The summed E-state index contributed by atoms with van der Waals surface area (Å²) in [5.74, 6) is 0.125. The van der Waals surface area contributed by atoms with Crippen LogP contribution in [-0.2, 0) is 20.6 Å². The number of halogens is 3. The van der Waals surface area contributed by atoms with Crippen LogP contribution in [-0.4, -0.2) is 61.9 Å². The van der Waals surface area contributed by atoms with Gasteiger partial charge < -0.3 is 34.4 Å². The third kappa shape index (κ3) is 23.7. The van der Waals surface area contributed by atoms with Gasteiger partial charge in [0.05, 0.1) is 11.6 Å². The van der Waals surface area contributed by atoms with Crippen molar-refractivity contribution in [2.75, 3.05) is 26.7 Å². The van der Waals surface area contributed by atoms with Gasteiger partial charge in [-0.25, -0.2) is 0 Å². The summed E-state index contributed by atoms with van der Waals surface area (Å²) in [4.78, 5) is 32.9. The van der Waals surface area contributed by atoms with Gasteiger partial charge in [0.15, 0.2) is 0 Å². The van der Waals surface area contributed by atoms with Crippen molar-refractivity contribution in [2.24, 2.45) is 11.5 Å².